The van der Waals surface area contributed by atoms with E-state index in [4.69, 9.17) is 11.6 Å². The molecule has 1 atom stereocenters. The summed E-state index contributed by atoms with van der Waals surface area (Å²) in [6, 6.07) is 21.9. The minimum absolute atomic E-state index is 0.0380. The summed E-state index contributed by atoms with van der Waals surface area (Å²) in [7, 11) is -3.85. The minimum atomic E-state index is -3.85. The van der Waals surface area contributed by atoms with Gasteiger partial charge in [0.15, 0.2) is 0 Å². The molecule has 0 heterocycles. The Morgan fingerprint density at radius 2 is 1.63 bits per heavy atom. The van der Waals surface area contributed by atoms with Gasteiger partial charge in [0.1, 0.15) is 0 Å². The van der Waals surface area contributed by atoms with Crippen LogP contribution in [0.15, 0.2) is 77.7 Å². The Labute approximate surface area is 180 Å². The number of nitrogens with one attached hydrogen (secondary N) is 2. The second-order valence-corrected chi connectivity index (χ2v) is 8.61. The van der Waals surface area contributed by atoms with Gasteiger partial charge in [0.2, 0.25) is 5.91 Å². The number of nitriles is 1. The van der Waals surface area contributed by atoms with Crippen molar-refractivity contribution in [1.82, 2.24) is 0 Å². The highest BCUT2D eigenvalue weighted by Gasteiger charge is 2.19. The molecule has 8 heteroatoms. The maximum atomic E-state index is 12.6. The van der Waals surface area contributed by atoms with E-state index in [1.54, 1.807) is 12.1 Å². The maximum absolute atomic E-state index is 12.6. The quantitative estimate of drug-likeness (QED) is 0.578. The van der Waals surface area contributed by atoms with Gasteiger partial charge in [0.25, 0.3) is 10.0 Å². The normalized spacial score (nSPS) is 11.9. The lowest BCUT2D eigenvalue weighted by molar-refractivity contribution is -0.114. The maximum Gasteiger partial charge on any atom is 0.261 e. The van der Waals surface area contributed by atoms with Gasteiger partial charge in [-0.3, -0.25) is 9.52 Å². The number of benzene rings is 3. The molecule has 0 radical (unpaired) electrons. The van der Waals surface area contributed by atoms with Crippen molar-refractivity contribution in [3.8, 4) is 6.07 Å². The number of rotatable bonds is 6. The third kappa shape index (κ3) is 4.98. The SMILES string of the molecule is CC(=O)Nc1ccc(S(=O)(=O)Nc2ccc(C(C#N)c3ccccc3)c(Cl)c2)cc1. The summed E-state index contributed by atoms with van der Waals surface area (Å²) in [5.41, 5.74) is 2.17. The van der Waals surface area contributed by atoms with Crippen LogP contribution in [0, 0.1) is 11.3 Å². The van der Waals surface area contributed by atoms with Crippen molar-refractivity contribution in [2.24, 2.45) is 0 Å². The molecule has 0 aromatic heterocycles. The Morgan fingerprint density at radius 3 is 2.20 bits per heavy atom. The van der Waals surface area contributed by atoms with Crippen molar-refractivity contribution < 1.29 is 13.2 Å². The van der Waals surface area contributed by atoms with Crippen molar-refractivity contribution >= 4 is 38.9 Å². The number of hydrogen-bond acceptors (Lipinski definition) is 4. The monoisotopic (exact) mass is 439 g/mol. The topological polar surface area (TPSA) is 99.1 Å². The van der Waals surface area contributed by atoms with Crippen LogP contribution in [0.3, 0.4) is 0 Å². The predicted molar refractivity (Wildman–Crippen MR) is 117 cm³/mol. The minimum Gasteiger partial charge on any atom is -0.326 e. The van der Waals surface area contributed by atoms with E-state index >= 15 is 0 Å². The van der Waals surface area contributed by atoms with E-state index in [1.807, 2.05) is 30.3 Å². The van der Waals surface area contributed by atoms with E-state index in [-0.39, 0.29) is 21.5 Å². The molecule has 30 heavy (non-hydrogen) atoms. The Morgan fingerprint density at radius 1 is 1.00 bits per heavy atom. The molecule has 152 valence electrons. The number of sulfonamides is 1. The fraction of sp³-hybridized carbons (Fsp3) is 0.0909. The van der Waals surface area contributed by atoms with Gasteiger partial charge in [0.05, 0.1) is 22.6 Å². The van der Waals surface area contributed by atoms with Crippen molar-refractivity contribution in [3.05, 3.63) is 88.9 Å². The molecule has 0 saturated heterocycles. The van der Waals surface area contributed by atoms with E-state index < -0.39 is 15.9 Å². The highest BCUT2D eigenvalue weighted by Crippen LogP contribution is 2.32. The lowest BCUT2D eigenvalue weighted by Crippen LogP contribution is -2.13. The number of amides is 1. The van der Waals surface area contributed by atoms with Crippen LogP contribution in [0.5, 0.6) is 0 Å². The third-order valence-electron chi connectivity index (χ3n) is 4.31. The fourth-order valence-corrected chi connectivity index (χ4v) is 4.27. The first-order valence-corrected chi connectivity index (χ1v) is 10.8. The molecule has 3 aromatic rings. The number of hydrogen-bond donors (Lipinski definition) is 2. The zero-order valence-electron chi connectivity index (χ0n) is 16.0. The van der Waals surface area contributed by atoms with Gasteiger partial charge >= 0.3 is 0 Å². The Bertz CT molecular complexity index is 1200. The molecule has 6 nitrogen and oxygen atoms in total. The average Bonchev–Trinajstić information content (AvgIpc) is 2.70. The largest absolute Gasteiger partial charge is 0.326 e. The fourth-order valence-electron chi connectivity index (χ4n) is 2.93. The van der Waals surface area contributed by atoms with Gasteiger partial charge in [-0.05, 0) is 47.5 Å². The first-order chi connectivity index (χ1) is 14.3. The lowest BCUT2D eigenvalue weighted by atomic mass is 9.92. The second-order valence-electron chi connectivity index (χ2n) is 6.52. The molecule has 1 unspecified atom stereocenters. The zero-order valence-corrected chi connectivity index (χ0v) is 17.5. The molecule has 1 amide bonds. The number of anilines is 2. The van der Waals surface area contributed by atoms with Gasteiger partial charge in [-0.2, -0.15) is 5.26 Å². The van der Waals surface area contributed by atoms with Crippen LogP contribution < -0.4 is 10.0 Å². The lowest BCUT2D eigenvalue weighted by Gasteiger charge is -2.14. The van der Waals surface area contributed by atoms with Gasteiger partial charge in [-0.25, -0.2) is 8.42 Å². The van der Waals surface area contributed by atoms with Crippen molar-refractivity contribution in [2.45, 2.75) is 17.7 Å². The van der Waals surface area contributed by atoms with Crippen LogP contribution >= 0.6 is 11.6 Å². The van der Waals surface area contributed by atoms with E-state index in [2.05, 4.69) is 16.1 Å². The van der Waals surface area contributed by atoms with Crippen LogP contribution in [0.25, 0.3) is 0 Å². The van der Waals surface area contributed by atoms with Crippen molar-refractivity contribution in [2.75, 3.05) is 10.0 Å². The zero-order chi connectivity index (χ0) is 21.7. The molecule has 0 aliphatic carbocycles. The molecular weight excluding hydrogens is 422 g/mol. The van der Waals surface area contributed by atoms with E-state index in [0.29, 0.717) is 11.3 Å². The number of halogens is 1. The molecule has 3 aromatic carbocycles. The van der Waals surface area contributed by atoms with E-state index in [0.717, 1.165) is 5.56 Å². The summed E-state index contributed by atoms with van der Waals surface area (Å²) in [4.78, 5) is 11.1. The smallest absolute Gasteiger partial charge is 0.261 e. The number of nitrogens with zero attached hydrogens (tertiary/aromatic N) is 1. The number of carbonyl (C=O) groups is 1. The Hall–Kier alpha value is -3.34. The molecule has 3 rings (SSSR count). The van der Waals surface area contributed by atoms with Gasteiger partial charge < -0.3 is 5.32 Å². The highest BCUT2D eigenvalue weighted by molar-refractivity contribution is 7.92. The molecule has 0 bridgehead atoms. The molecule has 0 aliphatic heterocycles. The summed E-state index contributed by atoms with van der Waals surface area (Å²) in [6.45, 7) is 1.37. The van der Waals surface area contributed by atoms with Crippen molar-refractivity contribution in [3.63, 3.8) is 0 Å². The van der Waals surface area contributed by atoms with Crippen LogP contribution in [-0.2, 0) is 14.8 Å². The first-order valence-electron chi connectivity index (χ1n) is 8.94. The van der Waals surface area contributed by atoms with E-state index in [1.165, 1.54) is 37.3 Å². The molecule has 2 N–H and O–H groups in total. The molecular formula is C22H18ClN3O3S. The van der Waals surface area contributed by atoms with Crippen LogP contribution in [0.4, 0.5) is 11.4 Å². The van der Waals surface area contributed by atoms with Crippen LogP contribution in [-0.4, -0.2) is 14.3 Å². The van der Waals surface area contributed by atoms with Crippen LogP contribution in [0.1, 0.15) is 24.0 Å². The van der Waals surface area contributed by atoms with Gasteiger partial charge in [0, 0.05) is 17.6 Å². The molecule has 0 fully saturated rings. The molecule has 0 aliphatic rings. The highest BCUT2D eigenvalue weighted by atomic mass is 35.5. The van der Waals surface area contributed by atoms with E-state index in [9.17, 15) is 18.5 Å². The summed E-state index contributed by atoms with van der Waals surface area (Å²) in [5.74, 6) is -0.810. The standard InChI is InChI=1S/C22H18ClN3O3S/c1-15(27)25-17-7-10-19(11-8-17)30(28,29)26-18-9-12-20(22(23)13-18)21(14-24)16-5-3-2-4-6-16/h2-13,21,26H,1H3,(H,25,27). The van der Waals surface area contributed by atoms with Crippen LogP contribution in [0.2, 0.25) is 5.02 Å². The first kappa shape index (κ1) is 21.4. The second kappa shape index (κ2) is 8.99. The third-order valence-corrected chi connectivity index (χ3v) is 6.04. The Kier molecular flexibility index (Phi) is 6.40. The summed E-state index contributed by atoms with van der Waals surface area (Å²) in [6.07, 6.45) is 0. The summed E-state index contributed by atoms with van der Waals surface area (Å²) >= 11 is 6.37. The Balaban J connectivity index is 1.83. The predicted octanol–water partition coefficient (Wildman–Crippen LogP) is 4.75. The number of carbonyl (C=O) groups excluding carboxylic acids is 1. The van der Waals surface area contributed by atoms with Gasteiger partial charge in [-0.1, -0.05) is 48.0 Å². The summed E-state index contributed by atoms with van der Waals surface area (Å²) in [5, 5.41) is 12.5. The molecule has 0 spiro atoms. The average molecular weight is 440 g/mol. The molecule has 0 saturated carbocycles. The van der Waals surface area contributed by atoms with Gasteiger partial charge in [-0.15, -0.1) is 0 Å². The summed E-state index contributed by atoms with van der Waals surface area (Å²) < 4.78 is 27.8. The van der Waals surface area contributed by atoms with Crippen molar-refractivity contribution in [1.29, 1.82) is 5.26 Å².